The number of rotatable bonds is 6. The molecule has 0 radical (unpaired) electrons. The van der Waals surface area contributed by atoms with E-state index in [1.807, 2.05) is 4.90 Å². The lowest BCUT2D eigenvalue weighted by Crippen LogP contribution is -2.54. The van der Waals surface area contributed by atoms with Crippen LogP contribution in [0.2, 0.25) is 0 Å². The number of hydrogen-bond donors (Lipinski definition) is 0. The van der Waals surface area contributed by atoms with Gasteiger partial charge in [-0.05, 0) is 26.8 Å². The highest BCUT2D eigenvalue weighted by Gasteiger charge is 2.34. The van der Waals surface area contributed by atoms with Gasteiger partial charge in [-0.2, -0.15) is 13.2 Å². The quantitative estimate of drug-likeness (QED) is 0.570. The van der Waals surface area contributed by atoms with E-state index in [0.717, 1.165) is 18.8 Å². The third-order valence-electron chi connectivity index (χ3n) is 4.68. The molecule has 5 nitrogen and oxygen atoms in total. The number of halogens is 3. The fourth-order valence-corrected chi connectivity index (χ4v) is 3.10. The van der Waals surface area contributed by atoms with Crippen molar-refractivity contribution in [3.8, 4) is 0 Å². The molecule has 0 spiro atoms. The van der Waals surface area contributed by atoms with Crippen molar-refractivity contribution in [1.82, 2.24) is 9.88 Å². The van der Waals surface area contributed by atoms with E-state index in [1.165, 1.54) is 4.90 Å². The second kappa shape index (κ2) is 8.07. The third-order valence-corrected chi connectivity index (χ3v) is 4.68. The zero-order chi connectivity index (χ0) is 19.5. The lowest BCUT2D eigenvalue weighted by molar-refractivity contribution is -0.137. The first-order chi connectivity index (χ1) is 12.2. The summed E-state index contributed by atoms with van der Waals surface area (Å²) in [6.07, 6.45) is -1.38. The number of aromatic nitrogens is 1. The first-order valence-electron chi connectivity index (χ1n) is 8.65. The van der Waals surface area contributed by atoms with Crippen molar-refractivity contribution < 1.29 is 18.0 Å². The van der Waals surface area contributed by atoms with Crippen molar-refractivity contribution >= 4 is 17.9 Å². The first kappa shape index (κ1) is 20.2. The molecule has 0 unspecified atom stereocenters. The number of amides is 1. The minimum absolute atomic E-state index is 0.0977. The zero-order valence-electron chi connectivity index (χ0n) is 15.3. The van der Waals surface area contributed by atoms with Crippen molar-refractivity contribution in [3.63, 3.8) is 0 Å². The zero-order valence-corrected chi connectivity index (χ0v) is 15.3. The average molecular weight is 370 g/mol. The number of pyridine rings is 1. The standard InChI is InChI=1S/C18H25F3N4O/c1-5-15-11-24(13(3)4)7-8-25(15)17-16(23(6-2)12-26)9-14(10-22-17)18(19,20)21/h5,9-10,12-13,15H,1,6-8,11H2,2-4H3/t15-/m1/s1. The van der Waals surface area contributed by atoms with Crippen LogP contribution in [0.4, 0.5) is 24.7 Å². The van der Waals surface area contributed by atoms with Gasteiger partial charge in [0.15, 0.2) is 5.82 Å². The minimum atomic E-state index is -4.52. The van der Waals surface area contributed by atoms with Crippen LogP contribution >= 0.6 is 0 Å². The summed E-state index contributed by atoms with van der Waals surface area (Å²) in [6, 6.07) is 1.26. The fraction of sp³-hybridized carbons (Fsp3) is 0.556. The van der Waals surface area contributed by atoms with Gasteiger partial charge in [-0.15, -0.1) is 6.58 Å². The predicted molar refractivity (Wildman–Crippen MR) is 96.4 cm³/mol. The molecule has 26 heavy (non-hydrogen) atoms. The molecule has 0 bridgehead atoms. The van der Waals surface area contributed by atoms with Crippen LogP contribution in [-0.2, 0) is 11.0 Å². The van der Waals surface area contributed by atoms with Crippen molar-refractivity contribution in [2.24, 2.45) is 0 Å². The molecule has 1 aliphatic heterocycles. The Balaban J connectivity index is 2.47. The van der Waals surface area contributed by atoms with Gasteiger partial charge in [0, 0.05) is 38.4 Å². The minimum Gasteiger partial charge on any atom is -0.346 e. The van der Waals surface area contributed by atoms with E-state index in [2.05, 4.69) is 30.3 Å². The molecule has 0 N–H and O–H groups in total. The summed E-state index contributed by atoms with van der Waals surface area (Å²) in [5.41, 5.74) is -0.699. The van der Waals surface area contributed by atoms with Gasteiger partial charge < -0.3 is 9.80 Å². The Morgan fingerprint density at radius 2 is 2.12 bits per heavy atom. The average Bonchev–Trinajstić information content (AvgIpc) is 2.61. The van der Waals surface area contributed by atoms with Gasteiger partial charge in [-0.1, -0.05) is 6.08 Å². The van der Waals surface area contributed by atoms with Crippen molar-refractivity contribution in [2.45, 2.75) is 39.0 Å². The normalized spacial score (nSPS) is 18.9. The SMILES string of the molecule is C=C[C@@H]1CN(C(C)C)CCN1c1ncc(C(F)(F)F)cc1N(C=O)CC. The Kier molecular flexibility index (Phi) is 6.28. The van der Waals surface area contributed by atoms with Gasteiger partial charge in [0.05, 0.1) is 17.3 Å². The molecule has 1 fully saturated rings. The predicted octanol–water partition coefficient (Wildman–Crippen LogP) is 3.17. The van der Waals surface area contributed by atoms with Crippen molar-refractivity contribution in [3.05, 3.63) is 30.5 Å². The molecular formula is C18H25F3N4O. The summed E-state index contributed by atoms with van der Waals surface area (Å²) >= 11 is 0. The van der Waals surface area contributed by atoms with Crippen molar-refractivity contribution in [1.29, 1.82) is 0 Å². The third kappa shape index (κ3) is 4.17. The van der Waals surface area contributed by atoms with E-state index in [1.54, 1.807) is 13.0 Å². The van der Waals surface area contributed by atoms with Crippen LogP contribution in [0.3, 0.4) is 0 Å². The Morgan fingerprint density at radius 1 is 1.42 bits per heavy atom. The molecule has 0 aliphatic carbocycles. The fourth-order valence-electron chi connectivity index (χ4n) is 3.10. The van der Waals surface area contributed by atoms with E-state index in [9.17, 15) is 18.0 Å². The smallest absolute Gasteiger partial charge is 0.346 e. The lowest BCUT2D eigenvalue weighted by atomic mass is 10.1. The van der Waals surface area contributed by atoms with Gasteiger partial charge in [0.2, 0.25) is 6.41 Å². The number of piperazine rings is 1. The van der Waals surface area contributed by atoms with E-state index in [-0.39, 0.29) is 18.3 Å². The van der Waals surface area contributed by atoms with Crippen LogP contribution < -0.4 is 9.80 Å². The van der Waals surface area contributed by atoms with Crippen molar-refractivity contribution in [2.75, 3.05) is 36.0 Å². The van der Waals surface area contributed by atoms with Gasteiger partial charge in [0.25, 0.3) is 0 Å². The molecule has 0 saturated carbocycles. The molecule has 1 aromatic rings. The monoisotopic (exact) mass is 370 g/mol. The maximum Gasteiger partial charge on any atom is 0.417 e. The molecule has 2 heterocycles. The molecule has 1 aromatic heterocycles. The summed E-state index contributed by atoms with van der Waals surface area (Å²) in [5.74, 6) is 0.375. The molecule has 1 atom stereocenters. The first-order valence-corrected chi connectivity index (χ1v) is 8.65. The molecule has 1 amide bonds. The number of hydrogen-bond acceptors (Lipinski definition) is 4. The van der Waals surface area contributed by atoms with Crippen LogP contribution in [0.5, 0.6) is 0 Å². The Bertz CT molecular complexity index is 648. The summed E-state index contributed by atoms with van der Waals surface area (Å²) in [7, 11) is 0. The Labute approximate surface area is 152 Å². The largest absolute Gasteiger partial charge is 0.417 e. The van der Waals surface area contributed by atoms with Crippen LogP contribution in [0.15, 0.2) is 24.9 Å². The molecule has 144 valence electrons. The topological polar surface area (TPSA) is 39.7 Å². The summed E-state index contributed by atoms with van der Waals surface area (Å²) in [5, 5.41) is 0. The molecule has 1 aliphatic rings. The maximum atomic E-state index is 13.1. The summed E-state index contributed by atoms with van der Waals surface area (Å²) in [6.45, 7) is 12.1. The van der Waals surface area contributed by atoms with Crippen LogP contribution in [-0.4, -0.2) is 54.6 Å². The number of anilines is 2. The van der Waals surface area contributed by atoms with E-state index >= 15 is 0 Å². The van der Waals surface area contributed by atoms with Gasteiger partial charge in [-0.25, -0.2) is 4.98 Å². The molecule has 0 aromatic carbocycles. The lowest BCUT2D eigenvalue weighted by Gasteiger charge is -2.43. The van der Waals surface area contributed by atoms with Crippen LogP contribution in [0, 0.1) is 0 Å². The summed E-state index contributed by atoms with van der Waals surface area (Å²) < 4.78 is 39.3. The van der Waals surface area contributed by atoms with Gasteiger partial charge >= 0.3 is 6.18 Å². The van der Waals surface area contributed by atoms with E-state index in [0.29, 0.717) is 31.4 Å². The molecule has 2 rings (SSSR count). The van der Waals surface area contributed by atoms with E-state index in [4.69, 9.17) is 0 Å². The highest BCUT2D eigenvalue weighted by atomic mass is 19.4. The highest BCUT2D eigenvalue weighted by molar-refractivity contribution is 5.82. The second-order valence-electron chi connectivity index (χ2n) is 6.54. The molecule has 1 saturated heterocycles. The van der Waals surface area contributed by atoms with Gasteiger partial charge in [-0.3, -0.25) is 9.69 Å². The Hall–Kier alpha value is -2.09. The van der Waals surface area contributed by atoms with Crippen LogP contribution in [0.25, 0.3) is 0 Å². The number of nitrogens with zero attached hydrogens (tertiary/aromatic N) is 4. The molecule has 8 heteroatoms. The number of alkyl halides is 3. The Morgan fingerprint density at radius 3 is 2.62 bits per heavy atom. The van der Waals surface area contributed by atoms with Crippen LogP contribution in [0.1, 0.15) is 26.3 Å². The van der Waals surface area contributed by atoms with E-state index < -0.39 is 11.7 Å². The number of carbonyl (C=O) groups excluding carboxylic acids is 1. The second-order valence-corrected chi connectivity index (χ2v) is 6.54. The summed E-state index contributed by atoms with van der Waals surface area (Å²) in [4.78, 5) is 20.9. The number of carbonyl (C=O) groups is 1. The highest BCUT2D eigenvalue weighted by Crippen LogP contribution is 2.36. The van der Waals surface area contributed by atoms with Gasteiger partial charge in [0.1, 0.15) is 0 Å². The molecular weight excluding hydrogens is 345 g/mol. The maximum absolute atomic E-state index is 13.1.